The van der Waals surface area contributed by atoms with Crippen LogP contribution in [0.2, 0.25) is 0 Å². The number of carbonyl (C=O) groups is 1. The average molecular weight is 540 g/mol. The Morgan fingerprint density at radius 2 is 1.73 bits per heavy atom. The number of methoxy groups -OCH3 is 2. The zero-order valence-corrected chi connectivity index (χ0v) is 22.2. The van der Waals surface area contributed by atoms with Gasteiger partial charge < -0.3 is 19.2 Å². The Kier molecular flexibility index (Phi) is 7.65. The minimum Gasteiger partial charge on any atom is -0.495 e. The number of Topliss-reactive ketones (excluding diaryl/α,β-unsaturated/α-hetero) is 1. The molecule has 0 radical (unpaired) electrons. The van der Waals surface area contributed by atoms with Crippen molar-refractivity contribution in [3.8, 4) is 28.4 Å². The standard InChI is InChI=1S/C31H26FN3O5/c1-18-28(20-6-8-21(32)9-7-20)31(37)29(25(35-18)17-38-2)26(36)14-19-4-10-22(11-5-19)40-27-12-13-33-24-15-23(39-3)16-34-30(24)27/h4-13,15-16H,14,17H2,1-3H3,(H,35,37). The van der Waals surface area contributed by atoms with E-state index in [0.29, 0.717) is 56.4 Å². The molecule has 5 aromatic rings. The van der Waals surface area contributed by atoms with Gasteiger partial charge in [-0.25, -0.2) is 9.37 Å². The molecule has 0 atom stereocenters. The lowest BCUT2D eigenvalue weighted by atomic mass is 9.95. The smallest absolute Gasteiger partial charge is 0.200 e. The van der Waals surface area contributed by atoms with E-state index in [1.807, 2.05) is 0 Å². The number of H-pyrrole nitrogens is 1. The summed E-state index contributed by atoms with van der Waals surface area (Å²) in [4.78, 5) is 38.9. The van der Waals surface area contributed by atoms with Gasteiger partial charge >= 0.3 is 0 Å². The molecule has 0 aliphatic carbocycles. The highest BCUT2D eigenvalue weighted by Gasteiger charge is 2.22. The highest BCUT2D eigenvalue weighted by atomic mass is 19.1. The second-order valence-corrected chi connectivity index (χ2v) is 9.15. The molecule has 5 rings (SSSR count). The van der Waals surface area contributed by atoms with E-state index in [1.54, 1.807) is 62.8 Å². The van der Waals surface area contributed by atoms with Gasteiger partial charge in [-0.05, 0) is 42.3 Å². The molecular weight excluding hydrogens is 513 g/mol. The number of carbonyl (C=O) groups excluding carboxylic acids is 1. The van der Waals surface area contributed by atoms with Gasteiger partial charge in [0.1, 0.15) is 22.8 Å². The fourth-order valence-electron chi connectivity index (χ4n) is 4.55. The van der Waals surface area contributed by atoms with Crippen LogP contribution in [0.5, 0.6) is 17.2 Å². The molecule has 0 aliphatic heterocycles. The predicted molar refractivity (Wildman–Crippen MR) is 149 cm³/mol. The van der Waals surface area contributed by atoms with Gasteiger partial charge in [-0.15, -0.1) is 0 Å². The van der Waals surface area contributed by atoms with Crippen molar-refractivity contribution in [1.82, 2.24) is 15.0 Å². The maximum atomic E-state index is 13.6. The van der Waals surface area contributed by atoms with Gasteiger partial charge in [0.25, 0.3) is 0 Å². The van der Waals surface area contributed by atoms with Crippen LogP contribution in [0.15, 0.2) is 77.9 Å². The predicted octanol–water partition coefficient (Wildman–Crippen LogP) is 5.81. The van der Waals surface area contributed by atoms with Crippen LogP contribution in [-0.4, -0.2) is 35.0 Å². The monoisotopic (exact) mass is 539 g/mol. The van der Waals surface area contributed by atoms with Crippen molar-refractivity contribution >= 4 is 16.8 Å². The Morgan fingerprint density at radius 1 is 0.975 bits per heavy atom. The first-order valence-electron chi connectivity index (χ1n) is 12.5. The highest BCUT2D eigenvalue weighted by Crippen LogP contribution is 2.29. The molecule has 3 heterocycles. The third kappa shape index (κ3) is 5.45. The van der Waals surface area contributed by atoms with E-state index in [-0.39, 0.29) is 24.4 Å². The molecule has 0 saturated heterocycles. The van der Waals surface area contributed by atoms with Crippen LogP contribution in [0, 0.1) is 12.7 Å². The summed E-state index contributed by atoms with van der Waals surface area (Å²) in [5.74, 6) is 0.903. The van der Waals surface area contributed by atoms with Crippen LogP contribution in [-0.2, 0) is 17.8 Å². The van der Waals surface area contributed by atoms with Crippen molar-refractivity contribution in [2.45, 2.75) is 20.0 Å². The molecule has 0 bridgehead atoms. The van der Waals surface area contributed by atoms with Crippen LogP contribution in [0.4, 0.5) is 4.39 Å². The van der Waals surface area contributed by atoms with Crippen LogP contribution in [0.25, 0.3) is 22.2 Å². The lowest BCUT2D eigenvalue weighted by molar-refractivity contribution is 0.0986. The number of rotatable bonds is 9. The van der Waals surface area contributed by atoms with E-state index in [4.69, 9.17) is 14.2 Å². The van der Waals surface area contributed by atoms with Gasteiger partial charge in [-0.1, -0.05) is 24.3 Å². The fourth-order valence-corrected chi connectivity index (χ4v) is 4.55. The molecule has 0 unspecified atom stereocenters. The minimum absolute atomic E-state index is 0.00840. The normalized spacial score (nSPS) is 11.0. The van der Waals surface area contributed by atoms with Crippen molar-refractivity contribution in [1.29, 1.82) is 0 Å². The number of aryl methyl sites for hydroxylation is 1. The first-order chi connectivity index (χ1) is 19.4. The van der Waals surface area contributed by atoms with Crippen LogP contribution in [0.1, 0.15) is 27.3 Å². The Balaban J connectivity index is 1.40. The Bertz CT molecular complexity index is 1750. The Morgan fingerprint density at radius 3 is 2.42 bits per heavy atom. The Labute approximate surface area is 229 Å². The second-order valence-electron chi connectivity index (χ2n) is 9.15. The van der Waals surface area contributed by atoms with Crippen molar-refractivity contribution in [2.24, 2.45) is 0 Å². The van der Waals surface area contributed by atoms with E-state index in [2.05, 4.69) is 15.0 Å². The number of hydrogen-bond donors (Lipinski definition) is 1. The number of hydrogen-bond acceptors (Lipinski definition) is 7. The van der Waals surface area contributed by atoms with Gasteiger partial charge in [0.05, 0.1) is 36.7 Å². The van der Waals surface area contributed by atoms with Crippen LogP contribution < -0.4 is 14.9 Å². The van der Waals surface area contributed by atoms with Crippen molar-refractivity contribution in [3.63, 3.8) is 0 Å². The zero-order valence-electron chi connectivity index (χ0n) is 22.2. The summed E-state index contributed by atoms with van der Waals surface area (Å²) in [6.45, 7) is 1.80. The van der Waals surface area contributed by atoms with Gasteiger partial charge in [0, 0.05) is 43.1 Å². The van der Waals surface area contributed by atoms with E-state index >= 15 is 0 Å². The quantitative estimate of drug-likeness (QED) is 0.236. The molecule has 202 valence electrons. The highest BCUT2D eigenvalue weighted by molar-refractivity contribution is 5.99. The summed E-state index contributed by atoms with van der Waals surface area (Å²) >= 11 is 0. The maximum Gasteiger partial charge on any atom is 0.200 e. The molecular formula is C31H26FN3O5. The molecule has 0 amide bonds. The van der Waals surface area contributed by atoms with Gasteiger partial charge in [-0.3, -0.25) is 14.6 Å². The van der Waals surface area contributed by atoms with Crippen molar-refractivity contribution in [3.05, 3.63) is 112 Å². The molecule has 0 fully saturated rings. The third-order valence-electron chi connectivity index (χ3n) is 6.44. The number of ketones is 1. The summed E-state index contributed by atoms with van der Waals surface area (Å²) in [5.41, 5.74) is 3.33. The minimum atomic E-state index is -0.423. The molecule has 1 N–H and O–H groups in total. The molecule has 0 saturated carbocycles. The van der Waals surface area contributed by atoms with E-state index in [0.717, 1.165) is 0 Å². The number of benzene rings is 2. The van der Waals surface area contributed by atoms with E-state index < -0.39 is 11.2 Å². The molecule has 0 aliphatic rings. The number of aromatic amines is 1. The lowest BCUT2D eigenvalue weighted by Crippen LogP contribution is -2.24. The summed E-state index contributed by atoms with van der Waals surface area (Å²) in [6.07, 6.45) is 3.21. The molecule has 3 aromatic heterocycles. The molecule has 2 aromatic carbocycles. The number of aromatic nitrogens is 3. The average Bonchev–Trinajstić information content (AvgIpc) is 2.95. The Hall–Kier alpha value is -4.89. The SMILES string of the molecule is COCc1[nH]c(C)c(-c2ccc(F)cc2)c(=O)c1C(=O)Cc1ccc(Oc2ccnc3cc(OC)cnc23)cc1. The number of nitrogens with one attached hydrogen (secondary N) is 1. The van der Waals surface area contributed by atoms with Crippen LogP contribution >= 0.6 is 0 Å². The van der Waals surface area contributed by atoms with Gasteiger partial charge in [0.15, 0.2) is 11.5 Å². The number of pyridine rings is 3. The molecule has 0 spiro atoms. The topological polar surface area (TPSA) is 103 Å². The van der Waals surface area contributed by atoms with E-state index in [1.165, 1.54) is 31.4 Å². The molecule has 8 nitrogen and oxygen atoms in total. The van der Waals surface area contributed by atoms with Crippen molar-refractivity contribution < 1.29 is 23.4 Å². The number of nitrogens with zero attached hydrogens (tertiary/aromatic N) is 2. The molecule has 9 heteroatoms. The lowest BCUT2D eigenvalue weighted by Gasteiger charge is -2.14. The summed E-state index contributed by atoms with van der Waals surface area (Å²) < 4.78 is 30.0. The first-order valence-corrected chi connectivity index (χ1v) is 12.5. The van der Waals surface area contributed by atoms with Crippen LogP contribution in [0.3, 0.4) is 0 Å². The molecule has 40 heavy (non-hydrogen) atoms. The number of ether oxygens (including phenoxy) is 3. The number of fused-ring (bicyclic) bond motifs is 1. The van der Waals surface area contributed by atoms with Gasteiger partial charge in [0.2, 0.25) is 5.43 Å². The fraction of sp³-hybridized carbons (Fsp3) is 0.161. The van der Waals surface area contributed by atoms with Gasteiger partial charge in [-0.2, -0.15) is 0 Å². The number of halogens is 1. The summed E-state index contributed by atoms with van der Waals surface area (Å²) in [6, 6.07) is 16.1. The first kappa shape index (κ1) is 26.7. The summed E-state index contributed by atoms with van der Waals surface area (Å²) in [7, 11) is 3.06. The largest absolute Gasteiger partial charge is 0.495 e. The third-order valence-corrected chi connectivity index (χ3v) is 6.44. The van der Waals surface area contributed by atoms with Crippen molar-refractivity contribution in [2.75, 3.05) is 14.2 Å². The second kappa shape index (κ2) is 11.5. The maximum absolute atomic E-state index is 13.6. The summed E-state index contributed by atoms with van der Waals surface area (Å²) in [5, 5.41) is 0. The zero-order chi connectivity index (χ0) is 28.2. The van der Waals surface area contributed by atoms with E-state index in [9.17, 15) is 14.0 Å².